The van der Waals surface area contributed by atoms with Crippen LogP contribution in [0.2, 0.25) is 0 Å². The van der Waals surface area contributed by atoms with Gasteiger partial charge in [-0.15, -0.1) is 24.8 Å². The number of aromatic nitrogens is 2. The lowest BCUT2D eigenvalue weighted by Crippen LogP contribution is -2.35. The minimum atomic E-state index is 0. The molecule has 21 heavy (non-hydrogen) atoms. The molecule has 1 aliphatic heterocycles. The van der Waals surface area contributed by atoms with E-state index in [-0.39, 0.29) is 24.8 Å². The van der Waals surface area contributed by atoms with E-state index >= 15 is 0 Å². The minimum absolute atomic E-state index is 0. The van der Waals surface area contributed by atoms with E-state index in [9.17, 15) is 0 Å². The molecule has 4 nitrogen and oxygen atoms in total. The summed E-state index contributed by atoms with van der Waals surface area (Å²) in [6, 6.07) is 4.19. The number of hydrogen-bond donors (Lipinski definition) is 1. The molecule has 0 unspecified atom stereocenters. The fraction of sp³-hybridized carbons (Fsp3) is 0.533. The number of imidazole rings is 1. The number of likely N-dealkylation sites (tertiary alicyclic amines) is 1. The molecule has 3 heterocycles. The molecule has 2 aromatic heterocycles. The molecule has 0 bridgehead atoms. The SMILES string of the molecule is Cc1ccc2nc(CN3CCC(CN)CC3)cn2c1.Cl.Cl. The monoisotopic (exact) mass is 330 g/mol. The van der Waals surface area contributed by atoms with Gasteiger partial charge in [-0.1, -0.05) is 6.07 Å². The van der Waals surface area contributed by atoms with Crippen molar-refractivity contribution in [2.45, 2.75) is 26.3 Å². The number of aryl methyl sites for hydroxylation is 1. The Morgan fingerprint density at radius 1 is 1.19 bits per heavy atom. The maximum atomic E-state index is 5.73. The van der Waals surface area contributed by atoms with Crippen molar-refractivity contribution in [1.29, 1.82) is 0 Å². The summed E-state index contributed by atoms with van der Waals surface area (Å²) in [5, 5.41) is 0. The summed E-state index contributed by atoms with van der Waals surface area (Å²) in [7, 11) is 0. The summed E-state index contributed by atoms with van der Waals surface area (Å²) in [6.07, 6.45) is 6.73. The normalized spacial score (nSPS) is 16.5. The first-order valence-electron chi connectivity index (χ1n) is 7.11. The number of nitrogens with zero attached hydrogens (tertiary/aromatic N) is 3. The number of pyridine rings is 1. The van der Waals surface area contributed by atoms with Crippen molar-refractivity contribution in [3.63, 3.8) is 0 Å². The quantitative estimate of drug-likeness (QED) is 0.941. The van der Waals surface area contributed by atoms with Crippen LogP contribution in [0.1, 0.15) is 24.1 Å². The Bertz CT molecular complexity index is 562. The van der Waals surface area contributed by atoms with Crippen molar-refractivity contribution in [2.24, 2.45) is 11.7 Å². The molecule has 3 rings (SSSR count). The van der Waals surface area contributed by atoms with Crippen LogP contribution in [-0.2, 0) is 6.54 Å². The van der Waals surface area contributed by atoms with Gasteiger partial charge in [0.05, 0.1) is 5.69 Å². The van der Waals surface area contributed by atoms with Gasteiger partial charge < -0.3 is 10.1 Å². The fourth-order valence-corrected chi connectivity index (χ4v) is 2.84. The molecule has 6 heteroatoms. The van der Waals surface area contributed by atoms with E-state index in [4.69, 9.17) is 5.73 Å². The molecule has 0 spiro atoms. The van der Waals surface area contributed by atoms with E-state index in [1.807, 2.05) is 0 Å². The van der Waals surface area contributed by atoms with Gasteiger partial charge >= 0.3 is 0 Å². The Balaban J connectivity index is 0.00000110. The van der Waals surface area contributed by atoms with Crippen LogP contribution in [0.15, 0.2) is 24.5 Å². The van der Waals surface area contributed by atoms with E-state index in [2.05, 4.69) is 45.7 Å². The summed E-state index contributed by atoms with van der Waals surface area (Å²) in [5.74, 6) is 0.722. The second-order valence-electron chi connectivity index (χ2n) is 5.66. The van der Waals surface area contributed by atoms with Crippen LogP contribution in [0.3, 0.4) is 0 Å². The highest BCUT2D eigenvalue weighted by atomic mass is 35.5. The van der Waals surface area contributed by atoms with Crippen LogP contribution >= 0.6 is 24.8 Å². The van der Waals surface area contributed by atoms with Gasteiger partial charge in [0.25, 0.3) is 0 Å². The Morgan fingerprint density at radius 2 is 1.90 bits per heavy atom. The van der Waals surface area contributed by atoms with Crippen molar-refractivity contribution in [3.05, 3.63) is 35.8 Å². The van der Waals surface area contributed by atoms with E-state index in [0.29, 0.717) is 0 Å². The topological polar surface area (TPSA) is 46.6 Å². The Kier molecular flexibility index (Phi) is 6.94. The van der Waals surface area contributed by atoms with Gasteiger partial charge in [0.15, 0.2) is 0 Å². The van der Waals surface area contributed by atoms with Gasteiger partial charge in [0.2, 0.25) is 0 Å². The third kappa shape index (κ3) is 4.33. The number of rotatable bonds is 3. The maximum Gasteiger partial charge on any atom is 0.137 e. The van der Waals surface area contributed by atoms with Gasteiger partial charge in [0, 0.05) is 18.9 Å². The molecule has 2 aromatic rings. The Labute approximate surface area is 138 Å². The summed E-state index contributed by atoms with van der Waals surface area (Å²) in [6.45, 7) is 6.19. The summed E-state index contributed by atoms with van der Waals surface area (Å²) in [5.41, 5.74) is 9.20. The number of halogens is 2. The number of piperidine rings is 1. The summed E-state index contributed by atoms with van der Waals surface area (Å²) < 4.78 is 2.12. The average Bonchev–Trinajstić information content (AvgIpc) is 2.81. The van der Waals surface area contributed by atoms with Crippen molar-refractivity contribution < 1.29 is 0 Å². The van der Waals surface area contributed by atoms with Gasteiger partial charge in [-0.3, -0.25) is 4.90 Å². The van der Waals surface area contributed by atoms with E-state index in [0.717, 1.165) is 43.4 Å². The third-order valence-electron chi connectivity index (χ3n) is 4.07. The molecular formula is C15H24Cl2N4. The van der Waals surface area contributed by atoms with Gasteiger partial charge in [-0.05, 0) is 56.9 Å². The van der Waals surface area contributed by atoms with Crippen molar-refractivity contribution in [3.8, 4) is 0 Å². The largest absolute Gasteiger partial charge is 0.330 e. The lowest BCUT2D eigenvalue weighted by molar-refractivity contribution is 0.179. The molecule has 1 saturated heterocycles. The molecule has 1 fully saturated rings. The second kappa shape index (κ2) is 7.99. The van der Waals surface area contributed by atoms with Crippen LogP contribution in [0, 0.1) is 12.8 Å². The number of nitrogens with two attached hydrogens (primary N) is 1. The molecule has 0 radical (unpaired) electrons. The second-order valence-corrected chi connectivity index (χ2v) is 5.66. The molecule has 0 aromatic carbocycles. The maximum absolute atomic E-state index is 5.73. The van der Waals surface area contributed by atoms with Crippen LogP contribution in [0.4, 0.5) is 0 Å². The van der Waals surface area contributed by atoms with Gasteiger partial charge in [-0.2, -0.15) is 0 Å². The third-order valence-corrected chi connectivity index (χ3v) is 4.07. The molecular weight excluding hydrogens is 307 g/mol. The van der Waals surface area contributed by atoms with E-state index in [1.165, 1.54) is 18.4 Å². The highest BCUT2D eigenvalue weighted by molar-refractivity contribution is 5.85. The van der Waals surface area contributed by atoms with Crippen LogP contribution in [-0.4, -0.2) is 33.9 Å². The highest BCUT2D eigenvalue weighted by Gasteiger charge is 2.18. The van der Waals surface area contributed by atoms with Gasteiger partial charge in [-0.25, -0.2) is 4.98 Å². The molecule has 1 aliphatic rings. The Morgan fingerprint density at radius 3 is 2.57 bits per heavy atom. The Hall–Kier alpha value is -0.810. The predicted molar refractivity (Wildman–Crippen MR) is 91.5 cm³/mol. The van der Waals surface area contributed by atoms with Crippen LogP contribution < -0.4 is 5.73 Å². The van der Waals surface area contributed by atoms with E-state index in [1.54, 1.807) is 0 Å². The van der Waals surface area contributed by atoms with Gasteiger partial charge in [0.1, 0.15) is 5.65 Å². The minimum Gasteiger partial charge on any atom is -0.330 e. The molecule has 2 N–H and O–H groups in total. The standard InChI is InChI=1S/C15H22N4.2ClH/c1-12-2-3-15-17-14(11-19(15)9-12)10-18-6-4-13(8-16)5-7-18;;/h2-3,9,11,13H,4-8,10,16H2,1H3;2*1H. The van der Waals surface area contributed by atoms with E-state index < -0.39 is 0 Å². The zero-order valence-corrected chi connectivity index (χ0v) is 14.0. The van der Waals surface area contributed by atoms with Crippen LogP contribution in [0.5, 0.6) is 0 Å². The molecule has 0 atom stereocenters. The van der Waals surface area contributed by atoms with Crippen LogP contribution in [0.25, 0.3) is 5.65 Å². The lowest BCUT2D eigenvalue weighted by Gasteiger charge is -2.30. The first-order valence-corrected chi connectivity index (χ1v) is 7.11. The molecule has 0 aliphatic carbocycles. The first-order chi connectivity index (χ1) is 9.24. The predicted octanol–water partition coefficient (Wildman–Crippen LogP) is 2.66. The highest BCUT2D eigenvalue weighted by Crippen LogP contribution is 2.18. The fourth-order valence-electron chi connectivity index (χ4n) is 2.84. The first kappa shape index (κ1) is 18.2. The van der Waals surface area contributed by atoms with Crippen molar-refractivity contribution in [2.75, 3.05) is 19.6 Å². The molecule has 0 amide bonds. The molecule has 0 saturated carbocycles. The zero-order valence-electron chi connectivity index (χ0n) is 12.4. The van der Waals surface area contributed by atoms with Crippen molar-refractivity contribution >= 4 is 30.5 Å². The summed E-state index contributed by atoms with van der Waals surface area (Å²) in [4.78, 5) is 7.17. The lowest BCUT2D eigenvalue weighted by atomic mass is 9.97. The van der Waals surface area contributed by atoms with Crippen molar-refractivity contribution in [1.82, 2.24) is 14.3 Å². The molecule has 118 valence electrons. The average molecular weight is 331 g/mol. The summed E-state index contributed by atoms with van der Waals surface area (Å²) >= 11 is 0. The smallest absolute Gasteiger partial charge is 0.137 e. The number of hydrogen-bond acceptors (Lipinski definition) is 3. The number of fused-ring (bicyclic) bond motifs is 1. The zero-order chi connectivity index (χ0) is 13.2.